The predicted octanol–water partition coefficient (Wildman–Crippen LogP) is 2.02. The average molecular weight is 319 g/mol. The standard InChI is InChI=1S/C13H19ClN2O3S/c1-3-6-13(17)15-9-10-16(20(2,18)19)12-8-5-4-7-11(12)14/h4-5,7-8H,3,6,9-10H2,1-2H3,(H,15,17). The van der Waals surface area contributed by atoms with Crippen LogP contribution in [0.2, 0.25) is 5.02 Å². The molecule has 1 N–H and O–H groups in total. The minimum atomic E-state index is -3.45. The molecule has 0 fully saturated rings. The van der Waals surface area contributed by atoms with Gasteiger partial charge in [-0.1, -0.05) is 30.7 Å². The molecule has 0 aliphatic rings. The molecule has 1 amide bonds. The molecule has 0 saturated heterocycles. The Balaban J connectivity index is 2.78. The number of rotatable bonds is 7. The lowest BCUT2D eigenvalue weighted by Crippen LogP contribution is -2.38. The number of nitrogens with zero attached hydrogens (tertiary/aromatic N) is 1. The number of benzene rings is 1. The monoisotopic (exact) mass is 318 g/mol. The fourth-order valence-electron chi connectivity index (χ4n) is 1.73. The van der Waals surface area contributed by atoms with E-state index in [1.165, 1.54) is 4.31 Å². The highest BCUT2D eigenvalue weighted by atomic mass is 35.5. The van der Waals surface area contributed by atoms with Crippen molar-refractivity contribution in [1.29, 1.82) is 0 Å². The summed E-state index contributed by atoms with van der Waals surface area (Å²) in [6.45, 7) is 2.31. The lowest BCUT2D eigenvalue weighted by molar-refractivity contribution is -0.121. The van der Waals surface area contributed by atoms with Gasteiger partial charge >= 0.3 is 0 Å². The number of amides is 1. The molecule has 0 unspecified atom stereocenters. The molecule has 0 saturated carbocycles. The third kappa shape index (κ3) is 5.02. The maximum absolute atomic E-state index is 11.8. The van der Waals surface area contributed by atoms with Crippen molar-refractivity contribution in [2.24, 2.45) is 0 Å². The van der Waals surface area contributed by atoms with E-state index in [0.717, 1.165) is 12.7 Å². The number of nitrogens with one attached hydrogen (secondary N) is 1. The van der Waals surface area contributed by atoms with Crippen molar-refractivity contribution in [2.75, 3.05) is 23.7 Å². The van der Waals surface area contributed by atoms with E-state index in [1.807, 2.05) is 6.92 Å². The van der Waals surface area contributed by atoms with Crippen LogP contribution in [0, 0.1) is 0 Å². The summed E-state index contributed by atoms with van der Waals surface area (Å²) in [6, 6.07) is 6.71. The van der Waals surface area contributed by atoms with Crippen molar-refractivity contribution >= 4 is 33.2 Å². The first-order valence-electron chi connectivity index (χ1n) is 6.35. The second kappa shape index (κ2) is 7.50. The lowest BCUT2D eigenvalue weighted by Gasteiger charge is -2.23. The zero-order valence-corrected chi connectivity index (χ0v) is 13.2. The SMILES string of the molecule is CCCC(=O)NCCN(c1ccccc1Cl)S(C)(=O)=O. The lowest BCUT2D eigenvalue weighted by atomic mass is 10.3. The first-order chi connectivity index (χ1) is 9.36. The van der Waals surface area contributed by atoms with E-state index < -0.39 is 10.0 Å². The van der Waals surface area contributed by atoms with Crippen molar-refractivity contribution in [3.8, 4) is 0 Å². The molecule has 5 nitrogen and oxygen atoms in total. The van der Waals surface area contributed by atoms with Gasteiger partial charge in [-0.2, -0.15) is 0 Å². The second-order valence-electron chi connectivity index (χ2n) is 4.39. The Bertz CT molecular complexity index is 560. The van der Waals surface area contributed by atoms with Crippen LogP contribution < -0.4 is 9.62 Å². The molecule has 1 aromatic rings. The Labute approximate surface area is 125 Å². The number of halogens is 1. The Morgan fingerprint density at radius 2 is 2.00 bits per heavy atom. The summed E-state index contributed by atoms with van der Waals surface area (Å²) in [4.78, 5) is 11.4. The van der Waals surface area contributed by atoms with Crippen LogP contribution in [-0.4, -0.2) is 33.7 Å². The molecule has 0 aromatic heterocycles. The minimum absolute atomic E-state index is 0.0832. The molecule has 0 aliphatic heterocycles. The zero-order valence-electron chi connectivity index (χ0n) is 11.6. The molecule has 20 heavy (non-hydrogen) atoms. The summed E-state index contributed by atoms with van der Waals surface area (Å²) in [5, 5.41) is 3.05. The van der Waals surface area contributed by atoms with E-state index in [1.54, 1.807) is 24.3 Å². The van der Waals surface area contributed by atoms with Gasteiger partial charge in [-0.3, -0.25) is 9.10 Å². The number of carbonyl (C=O) groups excluding carboxylic acids is 1. The van der Waals surface area contributed by atoms with Crippen molar-refractivity contribution in [3.63, 3.8) is 0 Å². The van der Waals surface area contributed by atoms with E-state index in [2.05, 4.69) is 5.32 Å². The van der Waals surface area contributed by atoms with Gasteiger partial charge in [0.1, 0.15) is 0 Å². The Kier molecular flexibility index (Phi) is 6.29. The van der Waals surface area contributed by atoms with Crippen LogP contribution in [0.15, 0.2) is 24.3 Å². The fraction of sp³-hybridized carbons (Fsp3) is 0.462. The number of hydrogen-bond donors (Lipinski definition) is 1. The van der Waals surface area contributed by atoms with Crippen molar-refractivity contribution in [3.05, 3.63) is 29.3 Å². The summed E-state index contributed by atoms with van der Waals surface area (Å²) in [5.41, 5.74) is 0.418. The molecule has 0 spiro atoms. The molecule has 0 aliphatic carbocycles. The van der Waals surface area contributed by atoms with E-state index in [0.29, 0.717) is 17.1 Å². The quantitative estimate of drug-likeness (QED) is 0.836. The number of sulfonamides is 1. The van der Waals surface area contributed by atoms with E-state index in [9.17, 15) is 13.2 Å². The van der Waals surface area contributed by atoms with Crippen molar-refractivity contribution in [2.45, 2.75) is 19.8 Å². The highest BCUT2D eigenvalue weighted by Gasteiger charge is 2.19. The molecule has 7 heteroatoms. The smallest absolute Gasteiger partial charge is 0.232 e. The Morgan fingerprint density at radius 1 is 1.35 bits per heavy atom. The van der Waals surface area contributed by atoms with Gasteiger partial charge in [0.2, 0.25) is 15.9 Å². The van der Waals surface area contributed by atoms with E-state index in [-0.39, 0.29) is 19.0 Å². The summed E-state index contributed by atoms with van der Waals surface area (Å²) in [7, 11) is -3.45. The Morgan fingerprint density at radius 3 is 2.55 bits per heavy atom. The highest BCUT2D eigenvalue weighted by molar-refractivity contribution is 7.92. The van der Waals surface area contributed by atoms with Crippen LogP contribution >= 0.6 is 11.6 Å². The van der Waals surface area contributed by atoms with Crippen LogP contribution in [0.25, 0.3) is 0 Å². The summed E-state index contributed by atoms with van der Waals surface area (Å²) in [5.74, 6) is -0.0832. The van der Waals surface area contributed by atoms with Gasteiger partial charge in [0, 0.05) is 13.0 Å². The van der Waals surface area contributed by atoms with Crippen LogP contribution in [0.5, 0.6) is 0 Å². The van der Waals surface area contributed by atoms with Crippen molar-refractivity contribution in [1.82, 2.24) is 5.32 Å². The summed E-state index contributed by atoms with van der Waals surface area (Å²) < 4.78 is 24.9. The van der Waals surface area contributed by atoms with E-state index in [4.69, 9.17) is 11.6 Å². The van der Waals surface area contributed by atoms with Gasteiger partial charge in [0.25, 0.3) is 0 Å². The number of carbonyl (C=O) groups is 1. The maximum Gasteiger partial charge on any atom is 0.232 e. The first-order valence-corrected chi connectivity index (χ1v) is 8.57. The predicted molar refractivity (Wildman–Crippen MR) is 81.6 cm³/mol. The molecule has 1 aromatic carbocycles. The van der Waals surface area contributed by atoms with Crippen LogP contribution in [0.4, 0.5) is 5.69 Å². The third-order valence-electron chi connectivity index (χ3n) is 2.64. The number of hydrogen-bond acceptors (Lipinski definition) is 3. The van der Waals surface area contributed by atoms with Gasteiger partial charge in [-0.15, -0.1) is 0 Å². The number of anilines is 1. The molecular formula is C13H19ClN2O3S. The highest BCUT2D eigenvalue weighted by Crippen LogP contribution is 2.26. The largest absolute Gasteiger partial charge is 0.354 e. The molecule has 0 atom stereocenters. The minimum Gasteiger partial charge on any atom is -0.354 e. The molecule has 112 valence electrons. The van der Waals surface area contributed by atoms with Gasteiger partial charge in [0.15, 0.2) is 0 Å². The molecule has 1 rings (SSSR count). The topological polar surface area (TPSA) is 66.5 Å². The second-order valence-corrected chi connectivity index (χ2v) is 6.70. The summed E-state index contributed by atoms with van der Waals surface area (Å²) in [6.07, 6.45) is 2.31. The zero-order chi connectivity index (χ0) is 15.2. The van der Waals surface area contributed by atoms with Gasteiger partial charge < -0.3 is 5.32 Å². The van der Waals surface area contributed by atoms with Crippen molar-refractivity contribution < 1.29 is 13.2 Å². The maximum atomic E-state index is 11.8. The fourth-order valence-corrected chi connectivity index (χ4v) is 2.96. The Hall–Kier alpha value is -1.27. The van der Waals surface area contributed by atoms with Gasteiger partial charge in [0.05, 0.1) is 23.5 Å². The van der Waals surface area contributed by atoms with Crippen LogP contribution in [0.3, 0.4) is 0 Å². The normalized spacial score (nSPS) is 11.2. The van der Waals surface area contributed by atoms with E-state index >= 15 is 0 Å². The first kappa shape index (κ1) is 16.8. The molecular weight excluding hydrogens is 300 g/mol. The van der Waals surface area contributed by atoms with Crippen LogP contribution in [-0.2, 0) is 14.8 Å². The molecule has 0 heterocycles. The summed E-state index contributed by atoms with van der Waals surface area (Å²) >= 11 is 6.02. The molecule has 0 bridgehead atoms. The number of para-hydroxylation sites is 1. The molecule has 0 radical (unpaired) electrons. The van der Waals surface area contributed by atoms with Crippen LogP contribution in [0.1, 0.15) is 19.8 Å². The average Bonchev–Trinajstić information content (AvgIpc) is 2.35. The third-order valence-corrected chi connectivity index (χ3v) is 4.14. The van der Waals surface area contributed by atoms with Gasteiger partial charge in [-0.05, 0) is 18.6 Å². The van der Waals surface area contributed by atoms with Gasteiger partial charge in [-0.25, -0.2) is 8.42 Å².